The maximum atomic E-state index is 13.7. The summed E-state index contributed by atoms with van der Waals surface area (Å²) in [5.74, 6) is 0.0714. The highest BCUT2D eigenvalue weighted by Crippen LogP contribution is 2.39. The zero-order valence-corrected chi connectivity index (χ0v) is 58.9. The monoisotopic (exact) mass is 1570 g/mol. The predicted octanol–water partition coefficient (Wildman–Crippen LogP) is 13.9. The van der Waals surface area contributed by atoms with E-state index < -0.39 is 79.3 Å². The molecule has 4 amide bonds. The second-order valence-electron chi connectivity index (χ2n) is 24.6. The van der Waals surface area contributed by atoms with E-state index in [2.05, 4.69) is 93.1 Å². The molecule has 0 spiro atoms. The van der Waals surface area contributed by atoms with Gasteiger partial charge in [0.1, 0.15) is 22.5 Å². The van der Waals surface area contributed by atoms with Crippen molar-refractivity contribution in [2.75, 3.05) is 126 Å². The number of alkyl halides is 9. The van der Waals surface area contributed by atoms with Crippen LogP contribution in [0.15, 0.2) is 72.8 Å². The van der Waals surface area contributed by atoms with E-state index in [0.29, 0.717) is 72.5 Å². The number of halogens is 12. The summed E-state index contributed by atoms with van der Waals surface area (Å²) in [6.45, 7) is 25.1. The summed E-state index contributed by atoms with van der Waals surface area (Å²) >= 11 is 10.2. The molecule has 6 saturated heterocycles. The topological polar surface area (TPSA) is 168 Å². The highest BCUT2D eigenvalue weighted by Gasteiger charge is 2.52. The second kappa shape index (κ2) is 34.0. The van der Waals surface area contributed by atoms with Gasteiger partial charge in [-0.2, -0.15) is 39.5 Å². The van der Waals surface area contributed by atoms with Crippen LogP contribution in [0.1, 0.15) is 81.6 Å². The summed E-state index contributed by atoms with van der Waals surface area (Å²) in [7, 11) is -0.556. The molecule has 30 heteroatoms. The predicted molar refractivity (Wildman–Crippen MR) is 363 cm³/mol. The standard InChI is InChI=1S/C24H26F6N4O2.C20H28BF3N2O3.C10H13IN2O.C6H5ClIN.C4H9NO/c1-15-2-3-18(31-22(35)34-5-4-16(14-34)13-23(25,26)27)12-19(15)17-10-20(24(28,29)30)32-21(11-17)33-6-8-36-9-7-33;1-13-6-7-15(10-16(13)21-28-18(2,3)19(4,5)29-21)25-17(27)26-9-8-14(12-26)11-20(22,23)24;1-8-6-9(11)7-10(12-8)13-2-4-14-5-3-13;1-4-2-5(8)3-6(7)9-4;1-3-6-4-2-5-1/h2-3,10-12,16H,4-9,13-14H2,1H3,(H,31,35);6-7,10,14H,8-9,11-12H2,1-5H3,(H,25,27);6-7H,2-5H2,1H3;2-3H,1H3;5H,1-4H2/t16-;14-;;;/m00.../s1. The molecule has 6 aliphatic heterocycles. The van der Waals surface area contributed by atoms with Crippen LogP contribution >= 0.6 is 56.8 Å². The molecule has 17 nitrogen and oxygen atoms in total. The zero-order chi connectivity index (χ0) is 68.8. The average molecular weight is 1570 g/mol. The molecule has 0 unspecified atom stereocenters. The Morgan fingerprint density at radius 3 is 1.49 bits per heavy atom. The summed E-state index contributed by atoms with van der Waals surface area (Å²) in [4.78, 5) is 44.3. The lowest BCUT2D eigenvalue weighted by atomic mass is 9.76. The first kappa shape index (κ1) is 76.3. The number of carbonyl (C=O) groups is 2. The SMILES string of the molecule is C1COCCN1.Cc1cc(I)cc(Cl)n1.Cc1cc(I)cc(N2CCOCC2)n1.Cc1ccc(NC(=O)N2CC[C@@H](CC(F)(F)F)C2)cc1-c1cc(N2CCOCC2)nc(C(F)(F)F)c1.Cc1ccc(NC(=O)N2CC[C@@H](CC(F)(F)F)C2)cc1B1OC(C)(C)C(C)(C)O1. The number of carbonyl (C=O) groups excluding carboxylic acids is 2. The number of nitrogens with one attached hydrogen (secondary N) is 3. The van der Waals surface area contributed by atoms with Gasteiger partial charge in [-0.25, -0.2) is 24.5 Å². The van der Waals surface area contributed by atoms with Gasteiger partial charge in [-0.1, -0.05) is 29.3 Å². The van der Waals surface area contributed by atoms with Crippen molar-refractivity contribution in [2.45, 2.75) is 111 Å². The number of morpholine rings is 3. The van der Waals surface area contributed by atoms with E-state index in [1.807, 2.05) is 66.7 Å². The number of aryl methyl sites for hydroxylation is 4. The number of nitrogens with zero attached hydrogens (tertiary/aromatic N) is 7. The van der Waals surface area contributed by atoms with Gasteiger partial charge >= 0.3 is 37.7 Å². The van der Waals surface area contributed by atoms with Crippen LogP contribution in [-0.4, -0.2) is 173 Å². The number of aromatic nitrogens is 3. The van der Waals surface area contributed by atoms with Gasteiger partial charge in [0.15, 0.2) is 0 Å². The van der Waals surface area contributed by atoms with Crippen molar-refractivity contribution in [2.24, 2.45) is 11.8 Å². The minimum absolute atomic E-state index is 0.00767. The van der Waals surface area contributed by atoms with E-state index >= 15 is 0 Å². The van der Waals surface area contributed by atoms with Gasteiger partial charge in [-0.3, -0.25) is 0 Å². The summed E-state index contributed by atoms with van der Waals surface area (Å²) in [6, 6.07) is 19.9. The Kier molecular flexibility index (Phi) is 27.6. The first-order valence-corrected chi connectivity index (χ1v) is 33.4. The lowest BCUT2D eigenvalue weighted by Gasteiger charge is -2.32. The molecular weight excluding hydrogens is 1490 g/mol. The van der Waals surface area contributed by atoms with Crippen molar-refractivity contribution in [3.05, 3.63) is 113 Å². The van der Waals surface area contributed by atoms with E-state index in [0.717, 1.165) is 90.5 Å². The van der Waals surface area contributed by atoms with E-state index in [1.54, 1.807) is 48.2 Å². The third kappa shape index (κ3) is 23.9. The Morgan fingerprint density at radius 2 is 1.05 bits per heavy atom. The van der Waals surface area contributed by atoms with E-state index in [-0.39, 0.29) is 31.9 Å². The van der Waals surface area contributed by atoms with Crippen molar-refractivity contribution in [3.63, 3.8) is 0 Å². The fourth-order valence-electron chi connectivity index (χ4n) is 10.8. The first-order chi connectivity index (χ1) is 44.1. The van der Waals surface area contributed by atoms with E-state index in [1.165, 1.54) is 13.4 Å². The largest absolute Gasteiger partial charge is 0.495 e. The zero-order valence-electron chi connectivity index (χ0n) is 53.8. The molecule has 11 rings (SSSR count). The van der Waals surface area contributed by atoms with Crippen LogP contribution in [0.4, 0.5) is 72.1 Å². The Labute approximate surface area is 576 Å². The maximum Gasteiger partial charge on any atom is 0.495 e. The number of hydrogen-bond acceptors (Lipinski definition) is 13. The molecule has 94 heavy (non-hydrogen) atoms. The van der Waals surface area contributed by atoms with Crippen molar-refractivity contribution in [3.8, 4) is 11.1 Å². The normalized spacial score (nSPS) is 19.6. The van der Waals surface area contributed by atoms with Crippen LogP contribution in [0.3, 0.4) is 0 Å². The van der Waals surface area contributed by atoms with Crippen molar-refractivity contribution in [1.82, 2.24) is 30.1 Å². The number of benzene rings is 2. The lowest BCUT2D eigenvalue weighted by Crippen LogP contribution is -2.41. The van der Waals surface area contributed by atoms with Crippen LogP contribution in [0.2, 0.25) is 5.15 Å². The van der Waals surface area contributed by atoms with Gasteiger partial charge in [-0.15, -0.1) is 0 Å². The fourth-order valence-corrected chi connectivity index (χ4v) is 12.7. The van der Waals surface area contributed by atoms with E-state index in [9.17, 15) is 49.1 Å². The molecule has 6 fully saturated rings. The molecule has 3 N–H and O–H groups in total. The number of urea groups is 2. The minimum Gasteiger partial charge on any atom is -0.399 e. The third-order valence-corrected chi connectivity index (χ3v) is 17.9. The number of anilines is 4. The first-order valence-electron chi connectivity index (χ1n) is 30.9. The van der Waals surface area contributed by atoms with Gasteiger partial charge in [0, 0.05) is 108 Å². The molecule has 0 bridgehead atoms. The lowest BCUT2D eigenvalue weighted by molar-refractivity contribution is -0.144. The van der Waals surface area contributed by atoms with Crippen LogP contribution in [0.25, 0.3) is 11.1 Å². The maximum absolute atomic E-state index is 13.7. The third-order valence-electron chi connectivity index (χ3n) is 16.4. The Morgan fingerprint density at radius 1 is 0.596 bits per heavy atom. The van der Waals surface area contributed by atoms with Crippen molar-refractivity contribution >= 4 is 104 Å². The molecule has 3 aromatic heterocycles. The van der Waals surface area contributed by atoms with Crippen molar-refractivity contribution in [1.29, 1.82) is 0 Å². The van der Waals surface area contributed by atoms with Gasteiger partial charge in [-0.05, 0) is 208 Å². The Hall–Kier alpha value is -5.03. The molecule has 9 heterocycles. The van der Waals surface area contributed by atoms with Gasteiger partial charge in [0.05, 0.1) is 50.8 Å². The molecule has 2 aromatic carbocycles. The fraction of sp³-hybridized carbons (Fsp3) is 0.547. The van der Waals surface area contributed by atoms with E-state index in [4.69, 9.17) is 35.1 Å². The van der Waals surface area contributed by atoms with Crippen LogP contribution in [-0.2, 0) is 29.7 Å². The Balaban J connectivity index is 0.000000189. The van der Waals surface area contributed by atoms with Crippen molar-refractivity contribution < 1.29 is 72.6 Å². The number of ether oxygens (including phenoxy) is 3. The van der Waals surface area contributed by atoms with Crippen LogP contribution in [0, 0.1) is 46.7 Å². The molecule has 6 aliphatic rings. The Bertz CT molecular complexity index is 3230. The van der Waals surface area contributed by atoms with Gasteiger partial charge < -0.3 is 59.1 Å². The number of likely N-dealkylation sites (tertiary alicyclic amines) is 2. The summed E-state index contributed by atoms with van der Waals surface area (Å²) in [5, 5.41) is 9.19. The van der Waals surface area contributed by atoms with Gasteiger partial charge in [0.2, 0.25) is 0 Å². The molecule has 0 aliphatic carbocycles. The molecule has 0 radical (unpaired) electrons. The number of amides is 4. The highest BCUT2D eigenvalue weighted by atomic mass is 127. The van der Waals surface area contributed by atoms with Crippen LogP contribution in [0.5, 0.6) is 0 Å². The second-order valence-corrected chi connectivity index (χ2v) is 27.5. The van der Waals surface area contributed by atoms with Gasteiger partial charge in [0.25, 0.3) is 0 Å². The average Bonchev–Trinajstić information content (AvgIpc) is 1.54. The molecule has 516 valence electrons. The number of rotatable bonds is 8. The highest BCUT2D eigenvalue weighted by molar-refractivity contribution is 14.1. The van der Waals surface area contributed by atoms with Crippen LogP contribution < -0.4 is 31.2 Å². The molecule has 5 aromatic rings. The quantitative estimate of drug-likeness (QED) is 0.0582. The summed E-state index contributed by atoms with van der Waals surface area (Å²) in [6.07, 6.45) is -14.3. The summed E-state index contributed by atoms with van der Waals surface area (Å²) in [5.41, 5.74) is 4.19. The summed E-state index contributed by atoms with van der Waals surface area (Å²) < 4.78 is 147. The molecular formula is C64H81BClF9I2N10O7. The number of hydrogen-bond donors (Lipinski definition) is 3. The molecule has 0 saturated carbocycles. The number of pyridine rings is 3. The smallest absolute Gasteiger partial charge is 0.399 e. The minimum atomic E-state index is -4.65. The molecule has 2 atom stereocenters.